The summed E-state index contributed by atoms with van der Waals surface area (Å²) in [6.45, 7) is 0. The van der Waals surface area contributed by atoms with Crippen LogP contribution in [0.2, 0.25) is 0 Å². The van der Waals surface area contributed by atoms with Gasteiger partial charge in [0.15, 0.2) is 11.5 Å². The van der Waals surface area contributed by atoms with Gasteiger partial charge in [0.2, 0.25) is 0 Å². The maximum atomic E-state index is 12.5. The number of halogens is 2. The smallest absolute Gasteiger partial charge is 0.373 e. The molecule has 19 heavy (non-hydrogen) atoms. The molecule has 2 aromatic carbocycles. The molecule has 0 fully saturated rings. The van der Waals surface area contributed by atoms with Gasteiger partial charge in [-0.1, -0.05) is 32.0 Å². The molecule has 2 rings (SSSR count). The second-order valence-electron chi connectivity index (χ2n) is 3.40. The number of benzene rings is 2. The first-order valence-corrected chi connectivity index (χ1v) is 7.07. The van der Waals surface area contributed by atoms with Crippen molar-refractivity contribution in [1.29, 1.82) is 0 Å². The molecule has 0 bridgehead atoms. The lowest BCUT2D eigenvalue weighted by Crippen LogP contribution is -2.04. The van der Waals surface area contributed by atoms with E-state index in [1.54, 1.807) is 24.3 Å². The van der Waals surface area contributed by atoms with Gasteiger partial charge >= 0.3 is 22.0 Å². The van der Waals surface area contributed by atoms with Crippen LogP contribution in [0.4, 0.5) is 7.77 Å². The molecule has 1 unspecified atom stereocenters. The number of hydrogen-bond donors (Lipinski definition) is 0. The zero-order chi connectivity index (χ0) is 14.0. The summed E-state index contributed by atoms with van der Waals surface area (Å²) in [6.07, 6.45) is 0. The molecule has 2 aromatic rings. The number of rotatable bonds is 4. The van der Waals surface area contributed by atoms with Gasteiger partial charge in [0.25, 0.3) is 0 Å². The van der Waals surface area contributed by atoms with E-state index in [2.05, 4.69) is 8.37 Å². The Balaban J connectivity index is 2.60. The minimum absolute atomic E-state index is 0.485. The van der Waals surface area contributed by atoms with Gasteiger partial charge < -0.3 is 8.37 Å². The van der Waals surface area contributed by atoms with Crippen molar-refractivity contribution in [3.8, 4) is 11.5 Å². The Morgan fingerprint density at radius 2 is 1.58 bits per heavy atom. The highest BCUT2D eigenvalue weighted by atomic mass is 32.3. The van der Waals surface area contributed by atoms with Crippen molar-refractivity contribution in [3.05, 3.63) is 36.4 Å². The van der Waals surface area contributed by atoms with E-state index >= 15 is 0 Å². The second-order valence-corrected chi connectivity index (χ2v) is 4.91. The molecule has 0 spiro atoms. The van der Waals surface area contributed by atoms with Crippen LogP contribution in [-0.2, 0) is 22.0 Å². The van der Waals surface area contributed by atoms with Crippen molar-refractivity contribution in [3.63, 3.8) is 0 Å². The molecule has 102 valence electrons. The van der Waals surface area contributed by atoms with Crippen LogP contribution in [0.25, 0.3) is 10.8 Å². The normalized spacial score (nSPS) is 13.2. The second kappa shape index (κ2) is 5.10. The van der Waals surface area contributed by atoms with Crippen molar-refractivity contribution in [2.24, 2.45) is 0 Å². The minimum atomic E-state index is -5.31. The Morgan fingerprint density at radius 1 is 1.05 bits per heavy atom. The molecule has 0 aromatic heterocycles. The van der Waals surface area contributed by atoms with Crippen LogP contribution < -0.4 is 8.37 Å². The van der Waals surface area contributed by atoms with Crippen LogP contribution in [0, 0.1) is 0 Å². The molecule has 1 atom stereocenters. The van der Waals surface area contributed by atoms with Crippen molar-refractivity contribution >= 4 is 32.7 Å². The lowest BCUT2D eigenvalue weighted by atomic mass is 10.1. The molecule has 0 N–H and O–H groups in total. The van der Waals surface area contributed by atoms with Crippen molar-refractivity contribution in [1.82, 2.24) is 0 Å². The van der Waals surface area contributed by atoms with Crippen molar-refractivity contribution in [2.75, 3.05) is 0 Å². The van der Waals surface area contributed by atoms with E-state index < -0.39 is 33.5 Å². The molecule has 0 saturated carbocycles. The van der Waals surface area contributed by atoms with E-state index in [0.29, 0.717) is 10.8 Å². The quantitative estimate of drug-likeness (QED) is 0.811. The zero-order valence-corrected chi connectivity index (χ0v) is 10.7. The van der Waals surface area contributed by atoms with Crippen LogP contribution >= 0.6 is 0 Å². The average Bonchev–Trinajstić information content (AvgIpc) is 2.27. The summed E-state index contributed by atoms with van der Waals surface area (Å²) < 4.78 is 64.5. The molecule has 5 nitrogen and oxygen atoms in total. The fraction of sp³-hybridized carbons (Fsp3) is 0. The fourth-order valence-corrected chi connectivity index (χ4v) is 2.12. The fourth-order valence-electron chi connectivity index (χ4n) is 1.51. The lowest BCUT2D eigenvalue weighted by molar-refractivity contribution is 0.426. The summed E-state index contributed by atoms with van der Waals surface area (Å²) >= 11 is -3.20. The van der Waals surface area contributed by atoms with Crippen LogP contribution in [0.3, 0.4) is 0 Å². The number of fused-ring (bicyclic) bond motifs is 1. The van der Waals surface area contributed by atoms with Crippen molar-refractivity contribution < 1.29 is 28.8 Å². The van der Waals surface area contributed by atoms with E-state index in [4.69, 9.17) is 0 Å². The van der Waals surface area contributed by atoms with Gasteiger partial charge in [-0.25, -0.2) is 0 Å². The summed E-state index contributed by atoms with van der Waals surface area (Å²) in [5, 5.41) is 1.06. The third-order valence-electron chi connectivity index (χ3n) is 2.16. The molecule has 0 amide bonds. The Hall–Kier alpha value is -1.74. The molecule has 0 heterocycles. The molecular weight excluding hydrogens is 302 g/mol. The number of hydrogen-bond acceptors (Lipinski definition) is 5. The maximum absolute atomic E-state index is 12.5. The predicted molar refractivity (Wildman–Crippen MR) is 64.5 cm³/mol. The highest BCUT2D eigenvalue weighted by Gasteiger charge is 2.17. The Morgan fingerprint density at radius 3 is 2.05 bits per heavy atom. The zero-order valence-electron chi connectivity index (χ0n) is 9.08. The third-order valence-corrected chi connectivity index (χ3v) is 2.85. The summed E-state index contributed by atoms with van der Waals surface area (Å²) in [5.74, 6) is -1.08. The first-order chi connectivity index (χ1) is 8.85. The van der Waals surface area contributed by atoms with Gasteiger partial charge in [0, 0.05) is 0 Å². The molecule has 9 heteroatoms. The van der Waals surface area contributed by atoms with Crippen molar-refractivity contribution in [2.45, 2.75) is 0 Å². The largest absolute Gasteiger partial charge is 0.488 e. The molecule has 0 aliphatic carbocycles. The molecular formula is C10H6F2O5S2. The van der Waals surface area contributed by atoms with E-state index in [0.717, 1.165) is 6.07 Å². The van der Waals surface area contributed by atoms with Crippen LogP contribution in [0.1, 0.15) is 0 Å². The molecule has 0 radical (unpaired) electrons. The summed E-state index contributed by atoms with van der Waals surface area (Å²) in [7, 11) is -5.31. The monoisotopic (exact) mass is 308 g/mol. The van der Waals surface area contributed by atoms with E-state index in [9.17, 15) is 20.4 Å². The maximum Gasteiger partial charge on any atom is 0.488 e. The van der Waals surface area contributed by atoms with E-state index in [1.807, 2.05) is 0 Å². The Bertz CT molecular complexity index is 745. The van der Waals surface area contributed by atoms with Gasteiger partial charge in [0.1, 0.15) is 0 Å². The highest BCUT2D eigenvalue weighted by Crippen LogP contribution is 2.34. The Kier molecular flexibility index (Phi) is 3.67. The summed E-state index contributed by atoms with van der Waals surface area (Å²) in [6, 6.07) is 8.87. The van der Waals surface area contributed by atoms with E-state index in [-0.39, 0.29) is 0 Å². The van der Waals surface area contributed by atoms with Gasteiger partial charge in [-0.2, -0.15) is 12.6 Å². The summed E-state index contributed by atoms with van der Waals surface area (Å²) in [4.78, 5) is 0. The molecule has 0 aliphatic heterocycles. The lowest BCUT2D eigenvalue weighted by Gasteiger charge is -2.08. The standard InChI is InChI=1S/C10H6F2O5S2/c11-18(13)16-9-5-7-3-1-2-4-8(7)6-10(9)17-19(12,14)15/h1-6H. The van der Waals surface area contributed by atoms with E-state index in [1.165, 1.54) is 6.07 Å². The van der Waals surface area contributed by atoms with Crippen LogP contribution in [0.15, 0.2) is 36.4 Å². The van der Waals surface area contributed by atoms with Gasteiger partial charge in [-0.3, -0.25) is 0 Å². The molecule has 0 saturated heterocycles. The van der Waals surface area contributed by atoms with Crippen LogP contribution in [-0.4, -0.2) is 12.6 Å². The first kappa shape index (κ1) is 13.7. The summed E-state index contributed by atoms with van der Waals surface area (Å²) in [5.41, 5.74) is 0. The first-order valence-electron chi connectivity index (χ1n) is 4.78. The minimum Gasteiger partial charge on any atom is -0.373 e. The topological polar surface area (TPSA) is 69.7 Å². The highest BCUT2D eigenvalue weighted by molar-refractivity contribution is 7.81. The van der Waals surface area contributed by atoms with Gasteiger partial charge in [-0.05, 0) is 22.9 Å². The van der Waals surface area contributed by atoms with Gasteiger partial charge in [-0.15, -0.1) is 0 Å². The van der Waals surface area contributed by atoms with Crippen LogP contribution in [0.5, 0.6) is 11.5 Å². The SMILES string of the molecule is O=S(F)Oc1cc2ccccc2cc1OS(=O)(=O)F. The average molecular weight is 308 g/mol. The van der Waals surface area contributed by atoms with Gasteiger partial charge in [0.05, 0.1) is 0 Å². The predicted octanol–water partition coefficient (Wildman–Crippen LogP) is 2.36. The molecule has 0 aliphatic rings. The Labute approximate surface area is 110 Å². The third kappa shape index (κ3) is 3.61.